The summed E-state index contributed by atoms with van der Waals surface area (Å²) < 4.78 is 11.1. The summed E-state index contributed by atoms with van der Waals surface area (Å²) in [6, 6.07) is 6.12. The van der Waals surface area contributed by atoms with Crippen molar-refractivity contribution in [2.75, 3.05) is 26.4 Å². The smallest absolute Gasteiger partial charge is 0.188 e. The summed E-state index contributed by atoms with van der Waals surface area (Å²) in [5, 5.41) is 3.14. The van der Waals surface area contributed by atoms with Crippen molar-refractivity contribution in [1.82, 2.24) is 5.32 Å². The summed E-state index contributed by atoms with van der Waals surface area (Å²) in [6.07, 6.45) is 1.08. The van der Waals surface area contributed by atoms with Gasteiger partial charge in [0.15, 0.2) is 5.96 Å². The van der Waals surface area contributed by atoms with Gasteiger partial charge in [-0.25, -0.2) is 4.99 Å². The minimum absolute atomic E-state index is 0.478. The summed E-state index contributed by atoms with van der Waals surface area (Å²) in [5.41, 5.74) is 8.09. The molecule has 1 aromatic carbocycles. The van der Waals surface area contributed by atoms with Crippen LogP contribution in [0, 0.1) is 12.8 Å². The van der Waals surface area contributed by atoms with Crippen LogP contribution in [0.1, 0.15) is 38.3 Å². The lowest BCUT2D eigenvalue weighted by molar-refractivity contribution is 0.110. The number of benzene rings is 1. The number of rotatable bonds is 10. The van der Waals surface area contributed by atoms with E-state index < -0.39 is 0 Å². The maximum absolute atomic E-state index is 5.91. The first-order valence-electron chi connectivity index (χ1n) is 8.36. The molecule has 0 aromatic heterocycles. The van der Waals surface area contributed by atoms with E-state index in [2.05, 4.69) is 30.2 Å². The molecule has 0 unspecified atom stereocenters. The maximum Gasteiger partial charge on any atom is 0.188 e. The molecule has 3 N–H and O–H groups in total. The lowest BCUT2D eigenvalue weighted by atomic mass is 10.1. The second-order valence-electron chi connectivity index (χ2n) is 5.97. The van der Waals surface area contributed by atoms with Crippen LogP contribution in [0.25, 0.3) is 0 Å². The van der Waals surface area contributed by atoms with Crippen LogP contribution < -0.4 is 15.8 Å². The number of hydrogen-bond acceptors (Lipinski definition) is 3. The average Bonchev–Trinajstić information content (AvgIpc) is 2.50. The van der Waals surface area contributed by atoms with Crippen LogP contribution in [0.4, 0.5) is 0 Å². The van der Waals surface area contributed by atoms with Gasteiger partial charge in [-0.3, -0.25) is 0 Å². The number of aryl methyl sites for hydroxylation is 1. The number of guanidine groups is 1. The van der Waals surface area contributed by atoms with Gasteiger partial charge in [-0.15, -0.1) is 0 Å². The fraction of sp³-hybridized carbons (Fsp3) is 0.611. The standard InChI is InChI=1S/C18H31N3O2/c1-5-22-10-11-23-17-12-15(4)6-7-16(17)13-21-18(19)20-9-8-14(2)3/h6-7,12,14H,5,8-11,13H2,1-4H3,(H3,19,20,21). The number of aliphatic imine (C=N–C) groups is 1. The fourth-order valence-corrected chi connectivity index (χ4v) is 2.00. The van der Waals surface area contributed by atoms with Crippen molar-refractivity contribution >= 4 is 5.96 Å². The van der Waals surface area contributed by atoms with Crippen LogP contribution in [0.3, 0.4) is 0 Å². The first kappa shape index (κ1) is 19.3. The molecule has 0 aliphatic heterocycles. The summed E-state index contributed by atoms with van der Waals surface area (Å²) in [7, 11) is 0. The first-order chi connectivity index (χ1) is 11.0. The monoisotopic (exact) mass is 321 g/mol. The van der Waals surface area contributed by atoms with Crippen molar-refractivity contribution in [3.8, 4) is 5.75 Å². The lowest BCUT2D eigenvalue weighted by Gasteiger charge is -2.12. The van der Waals surface area contributed by atoms with Crippen molar-refractivity contribution < 1.29 is 9.47 Å². The number of nitrogens with one attached hydrogen (secondary N) is 1. The SMILES string of the molecule is CCOCCOc1cc(C)ccc1CN=C(N)NCCC(C)C. The zero-order chi connectivity index (χ0) is 17.1. The van der Waals surface area contributed by atoms with E-state index in [1.54, 1.807) is 0 Å². The number of hydrogen-bond donors (Lipinski definition) is 2. The minimum atomic E-state index is 0.478. The van der Waals surface area contributed by atoms with E-state index in [4.69, 9.17) is 15.2 Å². The Labute approximate surface area is 140 Å². The lowest BCUT2D eigenvalue weighted by Crippen LogP contribution is -2.32. The third kappa shape index (κ3) is 8.45. The molecule has 0 amide bonds. The van der Waals surface area contributed by atoms with Crippen LogP contribution >= 0.6 is 0 Å². The molecule has 0 heterocycles. The Hall–Kier alpha value is -1.75. The van der Waals surface area contributed by atoms with Crippen molar-refractivity contribution in [3.05, 3.63) is 29.3 Å². The number of nitrogens with zero attached hydrogens (tertiary/aromatic N) is 1. The Morgan fingerprint density at radius 3 is 2.78 bits per heavy atom. The van der Waals surface area contributed by atoms with E-state index in [0.717, 1.165) is 29.8 Å². The van der Waals surface area contributed by atoms with Gasteiger partial charge in [0, 0.05) is 18.7 Å². The normalized spacial score (nSPS) is 11.8. The van der Waals surface area contributed by atoms with Crippen molar-refractivity contribution in [3.63, 3.8) is 0 Å². The molecule has 5 heteroatoms. The van der Waals surface area contributed by atoms with Crippen LogP contribution in [0.15, 0.2) is 23.2 Å². The van der Waals surface area contributed by atoms with Crippen LogP contribution in [0.5, 0.6) is 5.75 Å². The molecule has 0 fully saturated rings. The van der Waals surface area contributed by atoms with Crippen molar-refractivity contribution in [2.24, 2.45) is 16.6 Å². The summed E-state index contributed by atoms with van der Waals surface area (Å²) >= 11 is 0. The molecule has 0 atom stereocenters. The Morgan fingerprint density at radius 1 is 1.30 bits per heavy atom. The highest BCUT2D eigenvalue weighted by atomic mass is 16.5. The quantitative estimate of drug-likeness (QED) is 0.395. The Kier molecular flexibility index (Phi) is 9.14. The highest BCUT2D eigenvalue weighted by Crippen LogP contribution is 2.21. The summed E-state index contributed by atoms with van der Waals surface area (Å²) in [5.74, 6) is 1.98. The molecule has 23 heavy (non-hydrogen) atoms. The number of nitrogens with two attached hydrogens (primary N) is 1. The van der Waals surface area contributed by atoms with Gasteiger partial charge in [-0.1, -0.05) is 26.0 Å². The highest BCUT2D eigenvalue weighted by molar-refractivity contribution is 5.77. The highest BCUT2D eigenvalue weighted by Gasteiger charge is 2.04. The van der Waals surface area contributed by atoms with Gasteiger partial charge in [0.05, 0.1) is 13.2 Å². The van der Waals surface area contributed by atoms with Gasteiger partial charge in [-0.05, 0) is 37.8 Å². The molecule has 0 spiro atoms. The molecule has 1 rings (SSSR count). The van der Waals surface area contributed by atoms with Gasteiger partial charge in [0.1, 0.15) is 12.4 Å². The van der Waals surface area contributed by atoms with Gasteiger partial charge in [-0.2, -0.15) is 0 Å². The predicted octanol–water partition coefficient (Wildman–Crippen LogP) is 2.86. The van der Waals surface area contributed by atoms with E-state index in [9.17, 15) is 0 Å². The Balaban J connectivity index is 2.57. The van der Waals surface area contributed by atoms with Crippen molar-refractivity contribution in [1.29, 1.82) is 0 Å². The molecule has 0 saturated carbocycles. The van der Waals surface area contributed by atoms with E-state index in [0.29, 0.717) is 38.2 Å². The minimum Gasteiger partial charge on any atom is -0.491 e. The molecule has 0 aliphatic rings. The van der Waals surface area contributed by atoms with Gasteiger partial charge < -0.3 is 20.5 Å². The molecule has 1 aromatic rings. The molecule has 130 valence electrons. The fourth-order valence-electron chi connectivity index (χ4n) is 2.00. The van der Waals surface area contributed by atoms with E-state index in [-0.39, 0.29) is 0 Å². The Bertz CT molecular complexity index is 487. The zero-order valence-corrected chi connectivity index (χ0v) is 14.9. The maximum atomic E-state index is 5.91. The second-order valence-corrected chi connectivity index (χ2v) is 5.97. The molecule has 0 saturated heterocycles. The first-order valence-corrected chi connectivity index (χ1v) is 8.36. The summed E-state index contributed by atoms with van der Waals surface area (Å²) in [4.78, 5) is 4.40. The molecular weight excluding hydrogens is 290 g/mol. The van der Waals surface area contributed by atoms with Crippen LogP contribution in [0.2, 0.25) is 0 Å². The predicted molar refractivity (Wildman–Crippen MR) is 96.0 cm³/mol. The largest absolute Gasteiger partial charge is 0.491 e. The topological polar surface area (TPSA) is 68.9 Å². The third-order valence-electron chi connectivity index (χ3n) is 3.36. The van der Waals surface area contributed by atoms with Crippen molar-refractivity contribution in [2.45, 2.75) is 40.7 Å². The van der Waals surface area contributed by atoms with Crippen LogP contribution in [-0.2, 0) is 11.3 Å². The van der Waals surface area contributed by atoms with Crippen LogP contribution in [-0.4, -0.2) is 32.3 Å². The number of ether oxygens (including phenoxy) is 2. The van der Waals surface area contributed by atoms with E-state index in [1.807, 2.05) is 26.0 Å². The van der Waals surface area contributed by atoms with Gasteiger partial charge in [0.2, 0.25) is 0 Å². The second kappa shape index (κ2) is 10.9. The van der Waals surface area contributed by atoms with Gasteiger partial charge in [0.25, 0.3) is 0 Å². The third-order valence-corrected chi connectivity index (χ3v) is 3.36. The van der Waals surface area contributed by atoms with Gasteiger partial charge >= 0.3 is 0 Å². The molecule has 0 bridgehead atoms. The van der Waals surface area contributed by atoms with E-state index in [1.165, 1.54) is 0 Å². The average molecular weight is 321 g/mol. The molecule has 5 nitrogen and oxygen atoms in total. The molecule has 0 aliphatic carbocycles. The van der Waals surface area contributed by atoms with E-state index >= 15 is 0 Å². The Morgan fingerprint density at radius 2 is 2.09 bits per heavy atom. The molecular formula is C18H31N3O2. The molecule has 0 radical (unpaired) electrons. The summed E-state index contributed by atoms with van der Waals surface area (Å²) in [6.45, 7) is 11.6. The zero-order valence-electron chi connectivity index (χ0n) is 14.9.